The number of carboxylic acid groups (broad SMARTS) is 1. The zero-order valence-electron chi connectivity index (χ0n) is 7.13. The van der Waals surface area contributed by atoms with Crippen molar-refractivity contribution in [1.82, 2.24) is 5.48 Å². The van der Waals surface area contributed by atoms with E-state index >= 15 is 0 Å². The Balaban J connectivity index is 3.80. The third kappa shape index (κ3) is 3.95. The molecule has 0 aromatic heterocycles. The normalized spacial score (nSPS) is 13.5. The van der Waals surface area contributed by atoms with E-state index in [9.17, 15) is 4.79 Å². The van der Waals surface area contributed by atoms with Crippen LogP contribution in [0.25, 0.3) is 0 Å². The summed E-state index contributed by atoms with van der Waals surface area (Å²) in [5.74, 6) is -0.854. The monoisotopic (exact) mass is 161 g/mol. The van der Waals surface area contributed by atoms with Gasteiger partial charge in [0, 0.05) is 0 Å². The highest BCUT2D eigenvalue weighted by Crippen LogP contribution is 2.00. The van der Waals surface area contributed by atoms with Crippen LogP contribution in [0, 0.1) is 5.92 Å². The number of hydrogen-bond acceptors (Lipinski definition) is 3. The van der Waals surface area contributed by atoms with Gasteiger partial charge in [0.2, 0.25) is 0 Å². The van der Waals surface area contributed by atoms with Crippen LogP contribution in [0.1, 0.15) is 20.8 Å². The second-order valence-electron chi connectivity index (χ2n) is 2.61. The molecule has 0 rings (SSSR count). The van der Waals surface area contributed by atoms with Gasteiger partial charge in [-0.05, 0) is 12.8 Å². The van der Waals surface area contributed by atoms with E-state index < -0.39 is 12.0 Å². The molecule has 0 aliphatic heterocycles. The number of aliphatic carboxylic acids is 1. The van der Waals surface area contributed by atoms with Crippen molar-refractivity contribution < 1.29 is 14.7 Å². The number of hydroxylamine groups is 1. The minimum Gasteiger partial charge on any atom is -0.480 e. The minimum absolute atomic E-state index is 0.0269. The Morgan fingerprint density at radius 3 is 2.45 bits per heavy atom. The number of rotatable bonds is 5. The molecule has 2 N–H and O–H groups in total. The van der Waals surface area contributed by atoms with E-state index in [1.165, 1.54) is 0 Å². The summed E-state index contributed by atoms with van der Waals surface area (Å²) >= 11 is 0. The quantitative estimate of drug-likeness (QED) is 0.581. The summed E-state index contributed by atoms with van der Waals surface area (Å²) in [6.07, 6.45) is 0. The number of carboxylic acids is 1. The van der Waals surface area contributed by atoms with Crippen LogP contribution in [-0.2, 0) is 9.63 Å². The van der Waals surface area contributed by atoms with Gasteiger partial charge in [-0.15, -0.1) is 0 Å². The molecule has 0 heterocycles. The second-order valence-corrected chi connectivity index (χ2v) is 2.61. The topological polar surface area (TPSA) is 58.6 Å². The Morgan fingerprint density at radius 1 is 1.64 bits per heavy atom. The maximum Gasteiger partial charge on any atom is 0.323 e. The molecule has 0 saturated carbocycles. The minimum atomic E-state index is -0.881. The molecule has 0 saturated heterocycles. The van der Waals surface area contributed by atoms with E-state index in [0.717, 1.165) is 0 Å². The summed E-state index contributed by atoms with van der Waals surface area (Å²) in [7, 11) is 0. The smallest absolute Gasteiger partial charge is 0.323 e. The van der Waals surface area contributed by atoms with E-state index in [1.807, 2.05) is 13.8 Å². The highest BCUT2D eigenvalue weighted by Gasteiger charge is 2.20. The van der Waals surface area contributed by atoms with Crippen LogP contribution < -0.4 is 5.48 Å². The van der Waals surface area contributed by atoms with Gasteiger partial charge in [0.15, 0.2) is 0 Å². The molecule has 0 aromatic carbocycles. The Morgan fingerprint density at radius 2 is 2.18 bits per heavy atom. The molecule has 1 atom stereocenters. The summed E-state index contributed by atoms with van der Waals surface area (Å²) in [4.78, 5) is 15.3. The van der Waals surface area contributed by atoms with Crippen molar-refractivity contribution in [2.45, 2.75) is 26.8 Å². The second kappa shape index (κ2) is 5.09. The highest BCUT2D eigenvalue weighted by molar-refractivity contribution is 5.73. The summed E-state index contributed by atoms with van der Waals surface area (Å²) in [5.41, 5.74) is 2.47. The lowest BCUT2D eigenvalue weighted by atomic mass is 10.1. The number of hydrogen-bond donors (Lipinski definition) is 2. The van der Waals surface area contributed by atoms with Gasteiger partial charge in [0.05, 0.1) is 6.61 Å². The fraction of sp³-hybridized carbons (Fsp3) is 0.857. The zero-order chi connectivity index (χ0) is 8.85. The Labute approximate surface area is 66.5 Å². The van der Waals surface area contributed by atoms with E-state index in [-0.39, 0.29) is 5.92 Å². The van der Waals surface area contributed by atoms with Crippen molar-refractivity contribution in [3.63, 3.8) is 0 Å². The maximum absolute atomic E-state index is 10.5. The molecular weight excluding hydrogens is 146 g/mol. The number of carbonyl (C=O) groups is 1. The first-order valence-corrected chi connectivity index (χ1v) is 3.69. The Hall–Kier alpha value is -0.610. The fourth-order valence-corrected chi connectivity index (χ4v) is 0.645. The predicted octanol–water partition coefficient (Wildman–Crippen LogP) is 0.637. The van der Waals surface area contributed by atoms with Gasteiger partial charge in [-0.25, -0.2) is 0 Å². The van der Waals surface area contributed by atoms with Crippen LogP contribution >= 0.6 is 0 Å². The summed E-state index contributed by atoms with van der Waals surface area (Å²) < 4.78 is 0. The first-order valence-electron chi connectivity index (χ1n) is 3.69. The van der Waals surface area contributed by atoms with Gasteiger partial charge in [0.1, 0.15) is 6.04 Å². The van der Waals surface area contributed by atoms with E-state index in [2.05, 4.69) is 5.48 Å². The van der Waals surface area contributed by atoms with Crippen LogP contribution in [0.15, 0.2) is 0 Å². The SMILES string of the molecule is CCONC(C(=O)O)C(C)C. The predicted molar refractivity (Wildman–Crippen MR) is 41.0 cm³/mol. The average Bonchev–Trinajstić information content (AvgIpc) is 1.87. The Bertz CT molecular complexity index is 125. The molecule has 11 heavy (non-hydrogen) atoms. The van der Waals surface area contributed by atoms with Crippen molar-refractivity contribution >= 4 is 5.97 Å². The molecule has 0 radical (unpaired) electrons. The molecule has 66 valence electrons. The van der Waals surface area contributed by atoms with E-state index in [0.29, 0.717) is 6.61 Å². The molecule has 0 aromatic rings. The van der Waals surface area contributed by atoms with Gasteiger partial charge in [-0.1, -0.05) is 13.8 Å². The van der Waals surface area contributed by atoms with Crippen LogP contribution in [-0.4, -0.2) is 23.7 Å². The number of nitrogens with one attached hydrogen (secondary N) is 1. The lowest BCUT2D eigenvalue weighted by molar-refractivity contribution is -0.145. The van der Waals surface area contributed by atoms with Crippen molar-refractivity contribution in [1.29, 1.82) is 0 Å². The largest absolute Gasteiger partial charge is 0.480 e. The summed E-state index contributed by atoms with van der Waals surface area (Å²) in [6.45, 7) is 5.92. The third-order valence-corrected chi connectivity index (χ3v) is 1.29. The highest BCUT2D eigenvalue weighted by atomic mass is 16.6. The average molecular weight is 161 g/mol. The molecule has 0 amide bonds. The van der Waals surface area contributed by atoms with Gasteiger partial charge in [-0.2, -0.15) is 5.48 Å². The summed E-state index contributed by atoms with van der Waals surface area (Å²) in [5, 5.41) is 8.63. The Kier molecular flexibility index (Phi) is 4.81. The molecule has 0 aliphatic rings. The van der Waals surface area contributed by atoms with Crippen molar-refractivity contribution in [2.24, 2.45) is 5.92 Å². The van der Waals surface area contributed by atoms with Crippen LogP contribution in [0.3, 0.4) is 0 Å². The third-order valence-electron chi connectivity index (χ3n) is 1.29. The fourth-order valence-electron chi connectivity index (χ4n) is 0.645. The molecule has 4 nitrogen and oxygen atoms in total. The van der Waals surface area contributed by atoms with Crippen molar-refractivity contribution in [3.05, 3.63) is 0 Å². The van der Waals surface area contributed by atoms with Gasteiger partial charge < -0.3 is 9.94 Å². The van der Waals surface area contributed by atoms with E-state index in [1.54, 1.807) is 6.92 Å². The van der Waals surface area contributed by atoms with Crippen LogP contribution in [0.4, 0.5) is 0 Å². The summed E-state index contributed by atoms with van der Waals surface area (Å²) in [6, 6.07) is -0.616. The first kappa shape index (κ1) is 10.4. The molecule has 0 spiro atoms. The maximum atomic E-state index is 10.5. The lowest BCUT2D eigenvalue weighted by Gasteiger charge is -2.16. The lowest BCUT2D eigenvalue weighted by Crippen LogP contribution is -2.40. The molecule has 0 bridgehead atoms. The first-order chi connectivity index (χ1) is 5.09. The molecule has 1 unspecified atom stereocenters. The van der Waals surface area contributed by atoms with E-state index in [4.69, 9.17) is 9.94 Å². The van der Waals surface area contributed by atoms with Crippen molar-refractivity contribution in [2.75, 3.05) is 6.61 Å². The van der Waals surface area contributed by atoms with Crippen LogP contribution in [0.2, 0.25) is 0 Å². The molecule has 0 aliphatic carbocycles. The zero-order valence-corrected chi connectivity index (χ0v) is 7.13. The van der Waals surface area contributed by atoms with Gasteiger partial charge in [0.25, 0.3) is 0 Å². The standard InChI is InChI=1S/C7H15NO3/c1-4-11-8-6(5(2)3)7(9)10/h5-6,8H,4H2,1-3H3,(H,9,10). The van der Waals surface area contributed by atoms with Gasteiger partial charge in [-0.3, -0.25) is 4.79 Å². The van der Waals surface area contributed by atoms with Crippen molar-refractivity contribution in [3.8, 4) is 0 Å². The molecular formula is C7H15NO3. The van der Waals surface area contributed by atoms with Crippen LogP contribution in [0.5, 0.6) is 0 Å². The molecule has 0 fully saturated rings. The van der Waals surface area contributed by atoms with Gasteiger partial charge >= 0.3 is 5.97 Å². The molecule has 4 heteroatoms.